The summed E-state index contributed by atoms with van der Waals surface area (Å²) in [6, 6.07) is 0.956. The number of carbonyl (C=O) groups excluding carboxylic acids is 2. The Kier molecular flexibility index (Phi) is 31.6. The van der Waals surface area contributed by atoms with E-state index in [1.54, 1.807) is 13.8 Å². The molecule has 0 aromatic rings. The predicted octanol–water partition coefficient (Wildman–Crippen LogP) is 7.76. The molecule has 3 atom stereocenters. The molecule has 8 nitrogen and oxygen atoms in total. The molecule has 302 valence electrons. The SMILES string of the molecule is CC(=O)C(CCCCNCC(C)(C)C)N(C)C.CC(=O)C(CCCCNCC(C)(C)C)N(C)C.CCC(CCCCNCC(C)(C)C)N(C)C. The normalized spacial score (nSPS) is 14.2. The van der Waals surface area contributed by atoms with Crippen LogP contribution >= 0.6 is 0 Å². The molecule has 3 unspecified atom stereocenters. The second kappa shape index (κ2) is 29.5. The minimum atomic E-state index is 0.0950. The molecule has 0 aliphatic rings. The third-order valence-electron chi connectivity index (χ3n) is 8.66. The molecular weight excluding hydrogens is 621 g/mol. The molecule has 0 aliphatic heterocycles. The molecule has 0 spiro atoms. The summed E-state index contributed by atoms with van der Waals surface area (Å²) < 4.78 is 0. The van der Waals surface area contributed by atoms with Gasteiger partial charge in [0.15, 0.2) is 0 Å². The fourth-order valence-corrected chi connectivity index (χ4v) is 5.67. The molecule has 0 saturated carbocycles. The summed E-state index contributed by atoms with van der Waals surface area (Å²) in [6.45, 7) is 32.4. The molecule has 0 fully saturated rings. The number of carbonyl (C=O) groups is 2. The molecule has 0 saturated heterocycles. The van der Waals surface area contributed by atoms with Crippen LogP contribution < -0.4 is 16.0 Å². The molecule has 0 aromatic heterocycles. The Hall–Kier alpha value is -0.900. The Labute approximate surface area is 314 Å². The van der Waals surface area contributed by atoms with Gasteiger partial charge in [0.2, 0.25) is 0 Å². The Bertz CT molecular complexity index is 761. The Balaban J connectivity index is -0.000000663. The first-order valence-corrected chi connectivity index (χ1v) is 20.0. The highest BCUT2D eigenvalue weighted by molar-refractivity contribution is 5.81. The molecule has 50 heavy (non-hydrogen) atoms. The molecule has 3 N–H and O–H groups in total. The highest BCUT2D eigenvalue weighted by Crippen LogP contribution is 2.13. The first-order valence-electron chi connectivity index (χ1n) is 20.0. The van der Waals surface area contributed by atoms with E-state index in [-0.39, 0.29) is 23.7 Å². The van der Waals surface area contributed by atoms with Crippen LogP contribution in [0.2, 0.25) is 0 Å². The van der Waals surface area contributed by atoms with Crippen molar-refractivity contribution >= 4 is 11.6 Å². The number of hydrogen-bond acceptors (Lipinski definition) is 8. The summed E-state index contributed by atoms with van der Waals surface area (Å²) >= 11 is 0. The number of Topliss-reactive ketones (excluding diaryl/α,β-unsaturated/α-hetero) is 2. The maximum Gasteiger partial charge on any atom is 0.146 e. The molecule has 0 amide bonds. The van der Waals surface area contributed by atoms with Crippen molar-refractivity contribution in [2.24, 2.45) is 16.2 Å². The van der Waals surface area contributed by atoms with Crippen molar-refractivity contribution in [3.05, 3.63) is 0 Å². The first-order chi connectivity index (χ1) is 22.8. The predicted molar refractivity (Wildman–Crippen MR) is 223 cm³/mol. The van der Waals surface area contributed by atoms with Gasteiger partial charge < -0.3 is 20.9 Å². The molecule has 0 aliphatic carbocycles. The van der Waals surface area contributed by atoms with E-state index in [9.17, 15) is 9.59 Å². The molecule has 0 bridgehead atoms. The van der Waals surface area contributed by atoms with Gasteiger partial charge in [0.05, 0.1) is 12.1 Å². The quantitative estimate of drug-likeness (QED) is 0.0878. The van der Waals surface area contributed by atoms with Crippen molar-refractivity contribution in [2.75, 3.05) is 81.6 Å². The second-order valence-corrected chi connectivity index (χ2v) is 18.9. The van der Waals surface area contributed by atoms with Gasteiger partial charge in [-0.15, -0.1) is 0 Å². The minimum absolute atomic E-state index is 0.0950. The smallest absolute Gasteiger partial charge is 0.146 e. The Morgan fingerprint density at radius 3 is 0.960 bits per heavy atom. The van der Waals surface area contributed by atoms with Crippen molar-refractivity contribution in [1.29, 1.82) is 0 Å². The zero-order valence-corrected chi connectivity index (χ0v) is 37.2. The van der Waals surface area contributed by atoms with Crippen LogP contribution in [0.5, 0.6) is 0 Å². The van der Waals surface area contributed by atoms with Crippen molar-refractivity contribution in [2.45, 2.75) is 165 Å². The van der Waals surface area contributed by atoms with Gasteiger partial charge in [0.1, 0.15) is 11.6 Å². The van der Waals surface area contributed by atoms with Gasteiger partial charge in [-0.05, 0) is 157 Å². The van der Waals surface area contributed by atoms with E-state index >= 15 is 0 Å². The van der Waals surface area contributed by atoms with Crippen molar-refractivity contribution in [3.8, 4) is 0 Å². The standard InChI is InChI=1S/2C14H30N2O.C14H32N2/c2*1-12(17)13(16(5)6)9-7-8-10-15-11-14(2,3)4;1-7-13(16(5)6)10-8-9-11-15-12-14(2,3)4/h2*13,15H,7-11H2,1-6H3;13,15H,7-12H2,1-6H3. The molecule has 8 heteroatoms. The van der Waals surface area contributed by atoms with E-state index in [0.717, 1.165) is 77.3 Å². The van der Waals surface area contributed by atoms with Gasteiger partial charge in [0, 0.05) is 6.04 Å². The van der Waals surface area contributed by atoms with Crippen molar-refractivity contribution in [1.82, 2.24) is 30.7 Å². The number of unbranched alkanes of at least 4 members (excludes halogenated alkanes) is 3. The van der Waals surface area contributed by atoms with Gasteiger partial charge in [-0.3, -0.25) is 19.4 Å². The lowest BCUT2D eigenvalue weighted by atomic mass is 9.97. The highest BCUT2D eigenvalue weighted by Gasteiger charge is 2.17. The Morgan fingerprint density at radius 1 is 0.480 bits per heavy atom. The maximum absolute atomic E-state index is 11.4. The largest absolute Gasteiger partial charge is 0.316 e. The maximum atomic E-state index is 11.4. The van der Waals surface area contributed by atoms with Crippen LogP contribution in [-0.2, 0) is 9.59 Å². The number of hydrogen-bond donors (Lipinski definition) is 3. The summed E-state index contributed by atoms with van der Waals surface area (Å²) in [7, 11) is 12.3. The lowest BCUT2D eigenvalue weighted by Gasteiger charge is -2.23. The fourth-order valence-electron chi connectivity index (χ4n) is 5.67. The van der Waals surface area contributed by atoms with Gasteiger partial charge in [0.25, 0.3) is 0 Å². The van der Waals surface area contributed by atoms with Gasteiger partial charge in [-0.2, -0.15) is 0 Å². The summed E-state index contributed by atoms with van der Waals surface area (Å²) in [4.78, 5) is 29.1. The summed E-state index contributed by atoms with van der Waals surface area (Å²) in [6.07, 6.45) is 11.7. The topological polar surface area (TPSA) is 80.0 Å². The zero-order valence-electron chi connectivity index (χ0n) is 37.2. The van der Waals surface area contributed by atoms with Crippen LogP contribution in [0.3, 0.4) is 0 Å². The van der Waals surface area contributed by atoms with E-state index in [1.165, 1.54) is 32.2 Å². The number of rotatable bonds is 24. The van der Waals surface area contributed by atoms with Gasteiger partial charge in [-0.1, -0.05) is 88.5 Å². The zero-order chi connectivity index (χ0) is 39.6. The Morgan fingerprint density at radius 2 is 0.760 bits per heavy atom. The summed E-state index contributed by atoms with van der Waals surface area (Å²) in [5.74, 6) is 0.551. The highest BCUT2D eigenvalue weighted by atomic mass is 16.1. The number of likely N-dealkylation sites (N-methyl/N-ethyl adjacent to an activating group) is 2. The molecular formula is C42H92N6O2. The lowest BCUT2D eigenvalue weighted by molar-refractivity contribution is -0.122. The summed E-state index contributed by atoms with van der Waals surface area (Å²) in [5.41, 5.74) is 1.12. The third kappa shape index (κ3) is 38.3. The van der Waals surface area contributed by atoms with Crippen LogP contribution in [0.4, 0.5) is 0 Å². The average molecular weight is 713 g/mol. The van der Waals surface area contributed by atoms with Gasteiger partial charge in [-0.25, -0.2) is 0 Å². The lowest BCUT2D eigenvalue weighted by Crippen LogP contribution is -2.34. The molecule has 0 radical (unpaired) electrons. The van der Waals surface area contributed by atoms with E-state index < -0.39 is 0 Å². The van der Waals surface area contributed by atoms with Gasteiger partial charge >= 0.3 is 0 Å². The van der Waals surface area contributed by atoms with Crippen LogP contribution in [0, 0.1) is 16.2 Å². The van der Waals surface area contributed by atoms with Crippen LogP contribution in [0.15, 0.2) is 0 Å². The number of nitrogens with one attached hydrogen (secondary N) is 3. The van der Waals surface area contributed by atoms with Crippen molar-refractivity contribution < 1.29 is 9.59 Å². The molecule has 0 aromatic carbocycles. The number of ketones is 2. The molecule has 0 heterocycles. The van der Waals surface area contributed by atoms with E-state index in [2.05, 4.69) is 104 Å². The average Bonchev–Trinajstić information content (AvgIpc) is 2.93. The first kappa shape index (κ1) is 53.5. The van der Waals surface area contributed by atoms with Crippen LogP contribution in [0.25, 0.3) is 0 Å². The number of nitrogens with zero attached hydrogens (tertiary/aromatic N) is 3. The second-order valence-electron chi connectivity index (χ2n) is 18.9. The van der Waals surface area contributed by atoms with E-state index in [1.807, 2.05) is 38.0 Å². The van der Waals surface area contributed by atoms with E-state index in [0.29, 0.717) is 16.2 Å². The molecule has 0 rings (SSSR count). The fraction of sp³-hybridized carbons (Fsp3) is 0.952. The van der Waals surface area contributed by atoms with E-state index in [4.69, 9.17) is 0 Å². The monoisotopic (exact) mass is 713 g/mol. The minimum Gasteiger partial charge on any atom is -0.316 e. The van der Waals surface area contributed by atoms with Crippen LogP contribution in [0.1, 0.15) is 147 Å². The van der Waals surface area contributed by atoms with Crippen molar-refractivity contribution in [3.63, 3.8) is 0 Å². The third-order valence-corrected chi connectivity index (χ3v) is 8.66. The summed E-state index contributed by atoms with van der Waals surface area (Å²) in [5, 5.41) is 10.5. The van der Waals surface area contributed by atoms with Crippen LogP contribution in [-0.4, -0.2) is 126 Å².